The summed E-state index contributed by atoms with van der Waals surface area (Å²) in [5.41, 5.74) is 0.908. The third kappa shape index (κ3) is 2.87. The second kappa shape index (κ2) is 5.53. The quantitative estimate of drug-likeness (QED) is 0.829. The number of fused-ring (bicyclic) bond motifs is 2. The molecule has 3 saturated heterocycles. The van der Waals surface area contributed by atoms with Crippen molar-refractivity contribution >= 4 is 11.8 Å². The van der Waals surface area contributed by atoms with E-state index in [1.165, 1.54) is 0 Å². The van der Waals surface area contributed by atoms with Crippen molar-refractivity contribution in [3.05, 3.63) is 35.5 Å². The molecular weight excluding hydrogens is 333 g/mol. The van der Waals surface area contributed by atoms with E-state index in [0.717, 1.165) is 30.2 Å². The van der Waals surface area contributed by atoms with Gasteiger partial charge in [-0.2, -0.15) is 13.2 Å². The number of hydrogen-bond acceptors (Lipinski definition) is 6. The van der Waals surface area contributed by atoms with Gasteiger partial charge in [0.25, 0.3) is 0 Å². The highest BCUT2D eigenvalue weighted by molar-refractivity contribution is 5.51. The van der Waals surface area contributed by atoms with E-state index in [2.05, 4.69) is 24.8 Å². The number of aromatic nitrogens is 4. The van der Waals surface area contributed by atoms with Crippen LogP contribution in [0.2, 0.25) is 0 Å². The summed E-state index contributed by atoms with van der Waals surface area (Å²) in [5.74, 6) is 1.02. The Hall–Kier alpha value is -2.45. The van der Waals surface area contributed by atoms with E-state index in [1.54, 1.807) is 0 Å². The average Bonchev–Trinajstić information content (AvgIpc) is 2.53. The van der Waals surface area contributed by atoms with Gasteiger partial charge in [-0.15, -0.1) is 0 Å². The first kappa shape index (κ1) is 16.0. The van der Waals surface area contributed by atoms with E-state index >= 15 is 0 Å². The molecule has 0 amide bonds. The number of piperazine rings is 1. The smallest absolute Gasteiger partial charge is 0.347 e. The normalized spacial score (nSPS) is 22.8. The Labute approximate surface area is 142 Å². The number of rotatable bonds is 2. The number of nitrogens with zero attached hydrogens (tertiary/aromatic N) is 6. The van der Waals surface area contributed by atoms with Gasteiger partial charge in [0.2, 0.25) is 5.95 Å². The molecule has 2 aromatic heterocycles. The highest BCUT2D eigenvalue weighted by atomic mass is 19.4. The van der Waals surface area contributed by atoms with Crippen molar-refractivity contribution in [3.63, 3.8) is 0 Å². The lowest BCUT2D eigenvalue weighted by Crippen LogP contribution is -2.69. The molecule has 2 unspecified atom stereocenters. The Morgan fingerprint density at radius 2 is 1.64 bits per heavy atom. The molecule has 0 saturated carbocycles. The number of piperidine rings is 1. The van der Waals surface area contributed by atoms with E-state index in [0.29, 0.717) is 24.9 Å². The van der Waals surface area contributed by atoms with Gasteiger partial charge >= 0.3 is 6.18 Å². The molecular formula is C16H17F3N6. The minimum Gasteiger partial charge on any atom is -0.347 e. The van der Waals surface area contributed by atoms with Gasteiger partial charge in [-0.25, -0.2) is 19.9 Å². The van der Waals surface area contributed by atoms with Crippen LogP contribution in [0.15, 0.2) is 18.5 Å². The van der Waals surface area contributed by atoms with E-state index in [1.807, 2.05) is 24.8 Å². The van der Waals surface area contributed by atoms with Crippen LogP contribution < -0.4 is 9.80 Å². The molecule has 25 heavy (non-hydrogen) atoms. The monoisotopic (exact) mass is 350 g/mol. The van der Waals surface area contributed by atoms with Crippen molar-refractivity contribution in [1.82, 2.24) is 19.9 Å². The Morgan fingerprint density at radius 1 is 1.00 bits per heavy atom. The first-order valence-corrected chi connectivity index (χ1v) is 8.06. The van der Waals surface area contributed by atoms with Crippen molar-refractivity contribution in [2.24, 2.45) is 0 Å². The number of anilines is 2. The first-order valence-electron chi connectivity index (χ1n) is 8.06. The summed E-state index contributed by atoms with van der Waals surface area (Å²) in [7, 11) is 0. The standard InChI is InChI=1S/C16H17F3N6/c1-9-3-10(2)23-15(22-9)24-6-11-4-12(7-24)25(11)14-5-13(16(17,18)19)20-8-21-14/h3,5,8,11-12H,4,6-7H2,1-2H3. The zero-order valence-corrected chi connectivity index (χ0v) is 13.8. The molecule has 5 rings (SSSR count). The summed E-state index contributed by atoms with van der Waals surface area (Å²) in [6.07, 6.45) is -2.54. The van der Waals surface area contributed by atoms with E-state index in [-0.39, 0.29) is 12.1 Å². The second-order valence-corrected chi connectivity index (χ2v) is 6.57. The van der Waals surface area contributed by atoms with Gasteiger partial charge in [-0.05, 0) is 26.3 Å². The van der Waals surface area contributed by atoms with Crippen LogP contribution in [0.4, 0.5) is 24.9 Å². The van der Waals surface area contributed by atoms with Crippen molar-refractivity contribution in [3.8, 4) is 0 Å². The van der Waals surface area contributed by atoms with Crippen molar-refractivity contribution in [2.75, 3.05) is 22.9 Å². The third-order valence-corrected chi connectivity index (χ3v) is 4.65. The van der Waals surface area contributed by atoms with Crippen molar-refractivity contribution in [1.29, 1.82) is 0 Å². The van der Waals surface area contributed by atoms with Gasteiger partial charge in [0, 0.05) is 30.5 Å². The maximum absolute atomic E-state index is 12.9. The molecule has 0 aromatic carbocycles. The van der Waals surface area contributed by atoms with Crippen molar-refractivity contribution < 1.29 is 13.2 Å². The first-order chi connectivity index (χ1) is 11.8. The molecule has 0 radical (unpaired) electrons. The van der Waals surface area contributed by atoms with Crippen LogP contribution in [0.25, 0.3) is 0 Å². The van der Waals surface area contributed by atoms with Gasteiger partial charge in [0.05, 0.1) is 12.1 Å². The summed E-state index contributed by atoms with van der Waals surface area (Å²) in [5, 5.41) is 0. The molecule has 3 aliphatic heterocycles. The molecule has 9 heteroatoms. The third-order valence-electron chi connectivity index (χ3n) is 4.65. The molecule has 132 valence electrons. The lowest BCUT2D eigenvalue weighted by atomic mass is 9.87. The largest absolute Gasteiger partial charge is 0.433 e. The number of hydrogen-bond donors (Lipinski definition) is 0. The Kier molecular flexibility index (Phi) is 3.55. The minimum absolute atomic E-state index is 0.110. The predicted molar refractivity (Wildman–Crippen MR) is 85.4 cm³/mol. The predicted octanol–water partition coefficient (Wildman–Crippen LogP) is 2.37. The molecule has 2 aromatic rings. The molecule has 5 heterocycles. The Bertz CT molecular complexity index is 776. The van der Waals surface area contributed by atoms with Crippen LogP contribution in [-0.4, -0.2) is 45.1 Å². The summed E-state index contributed by atoms with van der Waals surface area (Å²) in [6.45, 7) is 5.19. The highest BCUT2D eigenvalue weighted by Crippen LogP contribution is 2.38. The summed E-state index contributed by atoms with van der Waals surface area (Å²) >= 11 is 0. The second-order valence-electron chi connectivity index (χ2n) is 6.57. The van der Waals surface area contributed by atoms with Gasteiger partial charge < -0.3 is 9.80 Å². The van der Waals surface area contributed by atoms with Crippen LogP contribution in [0.1, 0.15) is 23.5 Å². The lowest BCUT2D eigenvalue weighted by Gasteiger charge is -2.56. The maximum atomic E-state index is 12.9. The number of aryl methyl sites for hydroxylation is 2. The zero-order valence-electron chi connectivity index (χ0n) is 13.8. The maximum Gasteiger partial charge on any atom is 0.433 e. The summed E-state index contributed by atoms with van der Waals surface area (Å²) in [4.78, 5) is 20.4. The molecule has 0 N–H and O–H groups in total. The fourth-order valence-corrected chi connectivity index (χ4v) is 3.64. The zero-order chi connectivity index (χ0) is 17.8. The van der Waals surface area contributed by atoms with Crippen LogP contribution >= 0.6 is 0 Å². The van der Waals surface area contributed by atoms with Crippen LogP contribution in [0, 0.1) is 13.8 Å². The summed E-state index contributed by atoms with van der Waals surface area (Å²) < 4.78 is 38.6. The Morgan fingerprint density at radius 3 is 2.24 bits per heavy atom. The van der Waals surface area contributed by atoms with E-state index in [4.69, 9.17) is 0 Å². The number of alkyl halides is 3. The fraction of sp³-hybridized carbons (Fsp3) is 0.500. The van der Waals surface area contributed by atoms with Gasteiger partial charge in [-0.3, -0.25) is 0 Å². The van der Waals surface area contributed by atoms with Crippen LogP contribution in [0.5, 0.6) is 0 Å². The molecule has 3 aliphatic rings. The molecule has 3 fully saturated rings. The number of halogens is 3. The van der Waals surface area contributed by atoms with Gasteiger partial charge in [0.1, 0.15) is 17.8 Å². The molecule has 2 atom stereocenters. The molecule has 0 spiro atoms. The molecule has 6 nitrogen and oxygen atoms in total. The van der Waals surface area contributed by atoms with E-state index < -0.39 is 11.9 Å². The fourth-order valence-electron chi connectivity index (χ4n) is 3.64. The average molecular weight is 350 g/mol. The SMILES string of the molecule is Cc1cc(C)nc(N2CC3CC(C2)N3c2cc(C(F)(F)F)ncn2)n1. The van der Waals surface area contributed by atoms with Crippen molar-refractivity contribution in [2.45, 2.75) is 38.5 Å². The van der Waals surface area contributed by atoms with Crippen LogP contribution in [-0.2, 0) is 6.18 Å². The topological polar surface area (TPSA) is 58.0 Å². The molecule has 0 aliphatic carbocycles. The lowest BCUT2D eigenvalue weighted by molar-refractivity contribution is -0.141. The van der Waals surface area contributed by atoms with E-state index in [9.17, 15) is 13.2 Å². The van der Waals surface area contributed by atoms with Crippen LogP contribution in [0.3, 0.4) is 0 Å². The van der Waals surface area contributed by atoms with Gasteiger partial charge in [-0.1, -0.05) is 0 Å². The van der Waals surface area contributed by atoms with Gasteiger partial charge in [0.15, 0.2) is 0 Å². The minimum atomic E-state index is -4.46. The molecule has 2 bridgehead atoms. The Balaban J connectivity index is 1.54. The summed E-state index contributed by atoms with van der Waals surface area (Å²) in [6, 6.07) is 3.17. The highest BCUT2D eigenvalue weighted by Gasteiger charge is 2.46.